The van der Waals surface area contributed by atoms with E-state index in [0.29, 0.717) is 10.8 Å². The van der Waals surface area contributed by atoms with Gasteiger partial charge in [-0.05, 0) is 0 Å². The van der Waals surface area contributed by atoms with Gasteiger partial charge in [0.1, 0.15) is 0 Å². The van der Waals surface area contributed by atoms with Gasteiger partial charge in [-0.3, -0.25) is 0 Å². The molecule has 3 heteroatoms. The predicted molar refractivity (Wildman–Crippen MR) is 116 cm³/mol. The fourth-order valence-electron chi connectivity index (χ4n) is 5.06. The Bertz CT molecular complexity index is 656. The zero-order valence-corrected chi connectivity index (χ0v) is 21.5. The van der Waals surface area contributed by atoms with Gasteiger partial charge in [-0.2, -0.15) is 0 Å². The van der Waals surface area contributed by atoms with E-state index < -0.39 is 23.2 Å². The van der Waals surface area contributed by atoms with Crippen molar-refractivity contribution in [3.05, 3.63) is 41.0 Å². The second-order valence-corrected chi connectivity index (χ2v) is 12.1. The maximum Gasteiger partial charge on any atom is -0.147 e. The summed E-state index contributed by atoms with van der Waals surface area (Å²) in [7, 11) is 0. The first kappa shape index (κ1) is 24.5. The standard InChI is InChI=1S/C13H19.C10H15.2ClH.Zr/c1-2-13(10-6-3-7-11-13)12-8-4-5-9-12;1-7-6-10(4,5)9(3)8(7)2;;;/h8-9H,2-4,6-7,10-11H2,1H3;1-5H3;2*1H;. The molecule has 26 heavy (non-hydrogen) atoms. The molecule has 3 rings (SSSR count). The summed E-state index contributed by atoms with van der Waals surface area (Å²) in [6.45, 7) is 14.4. The van der Waals surface area contributed by atoms with Crippen LogP contribution in [-0.2, 0) is 23.2 Å². The van der Waals surface area contributed by atoms with Crippen molar-refractivity contribution in [3.63, 3.8) is 0 Å². The molecule has 0 aromatic carbocycles. The van der Waals surface area contributed by atoms with Crippen LogP contribution in [0.25, 0.3) is 0 Å². The molecule has 3 aliphatic rings. The van der Waals surface area contributed by atoms with Gasteiger partial charge in [-0.1, -0.05) is 0 Å². The Kier molecular flexibility index (Phi) is 8.73. The van der Waals surface area contributed by atoms with Crippen molar-refractivity contribution in [1.29, 1.82) is 0 Å². The van der Waals surface area contributed by atoms with Crippen LogP contribution in [0.15, 0.2) is 41.0 Å². The van der Waals surface area contributed by atoms with E-state index in [1.807, 2.05) is 6.56 Å². The number of hydrogen-bond acceptors (Lipinski definition) is 0. The smallest absolute Gasteiger partial charge is 0.147 e. The van der Waals surface area contributed by atoms with E-state index in [2.05, 4.69) is 53.7 Å². The van der Waals surface area contributed by atoms with Gasteiger partial charge in [0.05, 0.1) is 0 Å². The largest absolute Gasteiger partial charge is 0.147 e. The fourth-order valence-corrected chi connectivity index (χ4v) is 9.06. The third kappa shape index (κ3) is 4.21. The zero-order valence-electron chi connectivity index (χ0n) is 17.4. The summed E-state index contributed by atoms with van der Waals surface area (Å²) in [4.78, 5) is 0. The van der Waals surface area contributed by atoms with Crippen molar-refractivity contribution in [3.8, 4) is 0 Å². The number of halogens is 2. The molecular formula is C23H36Cl2Zr. The second-order valence-electron chi connectivity index (χ2n) is 8.73. The topological polar surface area (TPSA) is 0 Å². The zero-order chi connectivity index (χ0) is 17.5. The molecule has 1 fully saturated rings. The van der Waals surface area contributed by atoms with Crippen molar-refractivity contribution in [2.24, 2.45) is 10.8 Å². The van der Waals surface area contributed by atoms with Crippen LogP contribution in [-0.4, -0.2) is 0 Å². The van der Waals surface area contributed by atoms with Crippen LogP contribution < -0.4 is 0 Å². The molecule has 0 radical (unpaired) electrons. The molecule has 0 aromatic rings. The summed E-state index contributed by atoms with van der Waals surface area (Å²) < 4.78 is 3.65. The molecule has 0 aromatic heterocycles. The van der Waals surface area contributed by atoms with Gasteiger partial charge in [0, 0.05) is 0 Å². The summed E-state index contributed by atoms with van der Waals surface area (Å²) in [5.74, 6) is 0. The molecule has 0 unspecified atom stereocenters. The quantitative estimate of drug-likeness (QED) is 0.386. The average molecular weight is 475 g/mol. The SMILES string of the molecule is CCC1(C2=CC[C]([Zr][C]3=C(C)C(C)=C(C)C3(C)C)=C2)CCCCC1.Cl.Cl. The molecule has 0 atom stereocenters. The van der Waals surface area contributed by atoms with Crippen LogP contribution >= 0.6 is 24.8 Å². The van der Waals surface area contributed by atoms with Crippen LogP contribution in [0.3, 0.4) is 0 Å². The Hall–Kier alpha value is 0.423. The summed E-state index contributed by atoms with van der Waals surface area (Å²) in [6.07, 6.45) is 15.0. The average Bonchev–Trinajstić information content (AvgIpc) is 3.11. The van der Waals surface area contributed by atoms with Crippen molar-refractivity contribution < 1.29 is 23.2 Å². The minimum atomic E-state index is -0.636. The van der Waals surface area contributed by atoms with Gasteiger partial charge in [-0.25, -0.2) is 0 Å². The Morgan fingerprint density at radius 3 is 2.08 bits per heavy atom. The van der Waals surface area contributed by atoms with E-state index in [1.165, 1.54) is 44.9 Å². The first-order valence-corrected chi connectivity index (χ1v) is 12.4. The van der Waals surface area contributed by atoms with E-state index in [-0.39, 0.29) is 24.8 Å². The van der Waals surface area contributed by atoms with E-state index in [0.717, 1.165) is 0 Å². The molecule has 0 spiro atoms. The van der Waals surface area contributed by atoms with Gasteiger partial charge in [-0.15, -0.1) is 24.8 Å². The Morgan fingerprint density at radius 2 is 1.58 bits per heavy atom. The van der Waals surface area contributed by atoms with Crippen LogP contribution in [0.5, 0.6) is 0 Å². The van der Waals surface area contributed by atoms with Crippen molar-refractivity contribution in [2.45, 2.75) is 86.5 Å². The fraction of sp³-hybridized carbons (Fsp3) is 0.652. The second kappa shape index (κ2) is 9.28. The van der Waals surface area contributed by atoms with Gasteiger partial charge >= 0.3 is 162 Å². The molecule has 0 nitrogen and oxygen atoms in total. The molecule has 0 saturated heterocycles. The Balaban J connectivity index is 0.00000169. The molecule has 146 valence electrons. The molecule has 0 bridgehead atoms. The summed E-state index contributed by atoms with van der Waals surface area (Å²) in [6, 6.07) is 0. The molecule has 0 aliphatic heterocycles. The van der Waals surface area contributed by atoms with E-state index in [4.69, 9.17) is 0 Å². The van der Waals surface area contributed by atoms with Crippen molar-refractivity contribution in [1.82, 2.24) is 0 Å². The molecule has 3 aliphatic carbocycles. The molecule has 0 amide bonds. The van der Waals surface area contributed by atoms with Crippen molar-refractivity contribution in [2.75, 3.05) is 0 Å². The summed E-state index contributed by atoms with van der Waals surface area (Å²) in [5.41, 5.74) is 7.37. The monoisotopic (exact) mass is 472 g/mol. The molecule has 1 saturated carbocycles. The van der Waals surface area contributed by atoms with E-state index in [9.17, 15) is 0 Å². The van der Waals surface area contributed by atoms with Gasteiger partial charge < -0.3 is 0 Å². The maximum absolute atomic E-state index is 2.67. The van der Waals surface area contributed by atoms with E-state index >= 15 is 0 Å². The first-order chi connectivity index (χ1) is 11.3. The Labute approximate surface area is 185 Å². The number of allylic oxidation sites excluding steroid dienone is 8. The van der Waals surface area contributed by atoms with Crippen LogP contribution in [0, 0.1) is 10.8 Å². The number of rotatable bonds is 4. The third-order valence-corrected chi connectivity index (χ3v) is 12.0. The first-order valence-electron chi connectivity index (χ1n) is 9.90. The Morgan fingerprint density at radius 1 is 0.962 bits per heavy atom. The van der Waals surface area contributed by atoms with Crippen LogP contribution in [0.4, 0.5) is 0 Å². The number of hydrogen-bond donors (Lipinski definition) is 0. The normalized spacial score (nSPS) is 23.9. The predicted octanol–water partition coefficient (Wildman–Crippen LogP) is 8.14. The van der Waals surface area contributed by atoms with Gasteiger partial charge in [0.25, 0.3) is 0 Å². The molecular weight excluding hydrogens is 438 g/mol. The van der Waals surface area contributed by atoms with Crippen LogP contribution in [0.1, 0.15) is 86.5 Å². The third-order valence-electron chi connectivity index (χ3n) is 7.32. The van der Waals surface area contributed by atoms with Crippen LogP contribution in [0.2, 0.25) is 0 Å². The summed E-state index contributed by atoms with van der Waals surface area (Å²) >= 11 is -0.636. The maximum atomic E-state index is 2.67. The minimum Gasteiger partial charge on any atom is -0.147 e. The minimum absolute atomic E-state index is 0. The van der Waals surface area contributed by atoms with Crippen molar-refractivity contribution >= 4 is 24.8 Å². The van der Waals surface area contributed by atoms with Gasteiger partial charge in [0.15, 0.2) is 0 Å². The summed E-state index contributed by atoms with van der Waals surface area (Å²) in [5, 5.41) is 0. The molecule has 0 N–H and O–H groups in total. The van der Waals surface area contributed by atoms with E-state index in [1.54, 1.807) is 22.3 Å². The molecule has 0 heterocycles. The van der Waals surface area contributed by atoms with Gasteiger partial charge in [0.2, 0.25) is 0 Å².